The van der Waals surface area contributed by atoms with E-state index >= 15 is 0 Å². The van der Waals surface area contributed by atoms with Gasteiger partial charge in [0.05, 0.1) is 0 Å². The third-order valence-electron chi connectivity index (χ3n) is 17.7. The van der Waals surface area contributed by atoms with Crippen LogP contribution in [-0.2, 0) is 32.5 Å². The maximum atomic E-state index is 5.91. The topological polar surface area (TPSA) is 115 Å². The van der Waals surface area contributed by atoms with Crippen molar-refractivity contribution in [1.82, 2.24) is 49.7 Å². The summed E-state index contributed by atoms with van der Waals surface area (Å²) in [6, 6.07) is 53.7. The van der Waals surface area contributed by atoms with Gasteiger partial charge in [0, 0.05) is 61.6 Å². The molecule has 0 unspecified atom stereocenters. The molecule has 0 atom stereocenters. The Hall–Kier alpha value is -8.76. The van der Waals surface area contributed by atoms with Crippen molar-refractivity contribution < 1.29 is 0 Å². The highest BCUT2D eigenvalue weighted by molar-refractivity contribution is 6.07. The molecule has 2 aliphatic heterocycles. The van der Waals surface area contributed by atoms with E-state index in [0.717, 1.165) is 78.2 Å². The lowest BCUT2D eigenvalue weighted by atomic mass is 9.84. The van der Waals surface area contributed by atoms with Crippen LogP contribution in [0.2, 0.25) is 0 Å². The van der Waals surface area contributed by atoms with Crippen LogP contribution in [0.15, 0.2) is 146 Å². The molecule has 462 valence electrons. The predicted molar refractivity (Wildman–Crippen MR) is 378 cm³/mol. The molecule has 2 N–H and O–H groups in total. The smallest absolute Gasteiger partial charge is 0.182 e. The predicted octanol–water partition coefficient (Wildman–Crippen LogP) is 19.3. The fourth-order valence-corrected chi connectivity index (χ4v) is 12.2. The fourth-order valence-electron chi connectivity index (χ4n) is 12.2. The fraction of sp³-hybridized carbons (Fsp3) is 0.350. The molecule has 5 heterocycles. The summed E-state index contributed by atoms with van der Waals surface area (Å²) in [5.41, 5.74) is 22.0. The van der Waals surface area contributed by atoms with Crippen LogP contribution in [0.1, 0.15) is 192 Å². The van der Waals surface area contributed by atoms with E-state index in [1.54, 1.807) is 0 Å². The molecular weight excluding hydrogens is 1100 g/mol. The number of nitrogens with one attached hydrogen (secondary N) is 2. The molecule has 9 aromatic rings. The Bertz CT molecular complexity index is 4150. The van der Waals surface area contributed by atoms with Gasteiger partial charge in [-0.15, -0.1) is 0 Å². The van der Waals surface area contributed by atoms with Crippen LogP contribution in [0.3, 0.4) is 0 Å². The van der Waals surface area contributed by atoms with Crippen molar-refractivity contribution in [2.75, 3.05) is 28.2 Å². The van der Waals surface area contributed by atoms with Gasteiger partial charge in [-0.1, -0.05) is 270 Å². The molecule has 2 aliphatic rings. The summed E-state index contributed by atoms with van der Waals surface area (Å²) in [5, 5.41) is 0. The van der Waals surface area contributed by atoms with Gasteiger partial charge in [-0.2, -0.15) is 0 Å². The van der Waals surface area contributed by atoms with Gasteiger partial charge in [0.15, 0.2) is 23.3 Å². The van der Waals surface area contributed by atoms with Gasteiger partial charge in [0.2, 0.25) is 0 Å². The second kappa shape index (κ2) is 22.6. The monoisotopic (exact) mass is 1190 g/mol. The molecule has 3 aromatic heterocycles. The van der Waals surface area contributed by atoms with E-state index in [1.165, 1.54) is 33.4 Å². The van der Waals surface area contributed by atoms with Gasteiger partial charge < -0.3 is 19.8 Å². The zero-order valence-electron chi connectivity index (χ0n) is 57.4. The highest BCUT2D eigenvalue weighted by atomic mass is 15.2. The molecule has 8 bridgehead atoms. The molecule has 0 spiro atoms. The minimum atomic E-state index is -0.0888. The van der Waals surface area contributed by atoms with E-state index in [2.05, 4.69) is 318 Å². The first kappa shape index (κ1) is 62.8. The number of hydrogen-bond donors (Lipinski definition) is 2. The van der Waals surface area contributed by atoms with Crippen LogP contribution in [0.5, 0.6) is 0 Å². The SMILES string of the molecule is CN(C)C1=C(N(C)C)c2nc1nc1[nH]c(nc3nc(nc4[nH]c(n2)c(-c2ccc(C(C)(C)C)cc2)c4-c2ccc(C(C)(C)C)cc2)C(c2ccc(C(C)(C)C)cc2)=C3c2ccc(C(C)(C)C)cc2)c(-c2ccc(C(C)(C)C)cc2)c1-c1ccc(C(C)(C)C)cc1. The van der Waals surface area contributed by atoms with Crippen molar-refractivity contribution >= 4 is 45.1 Å². The lowest BCUT2D eigenvalue weighted by molar-refractivity contribution is 0.553. The molecule has 0 saturated carbocycles. The number of hydrogen-bond acceptors (Lipinski definition) is 8. The molecule has 10 heteroatoms. The van der Waals surface area contributed by atoms with E-state index in [0.29, 0.717) is 45.9 Å². The van der Waals surface area contributed by atoms with Crippen molar-refractivity contribution in [3.05, 3.63) is 213 Å². The Kier molecular flexibility index (Phi) is 15.8. The zero-order chi connectivity index (χ0) is 64.9. The summed E-state index contributed by atoms with van der Waals surface area (Å²) in [5.74, 6) is 2.03. The van der Waals surface area contributed by atoms with Crippen molar-refractivity contribution in [3.8, 4) is 44.5 Å². The molecular formula is C80H92N10. The average molecular weight is 1190 g/mol. The maximum Gasteiger partial charge on any atom is 0.182 e. The molecule has 0 radical (unpaired) electrons. The Morgan fingerprint density at radius 2 is 0.411 bits per heavy atom. The van der Waals surface area contributed by atoms with Crippen molar-refractivity contribution in [2.24, 2.45) is 0 Å². The number of benzene rings is 6. The zero-order valence-corrected chi connectivity index (χ0v) is 57.4. The summed E-state index contributed by atoms with van der Waals surface area (Å²) in [6.07, 6.45) is 0. The van der Waals surface area contributed by atoms with Gasteiger partial charge in [-0.05, 0) is 99.3 Å². The molecule has 0 amide bonds. The van der Waals surface area contributed by atoms with Crippen molar-refractivity contribution in [2.45, 2.75) is 157 Å². The van der Waals surface area contributed by atoms with Gasteiger partial charge in [-0.25, -0.2) is 29.9 Å². The number of H-pyrrole nitrogens is 2. The lowest BCUT2D eigenvalue weighted by Crippen LogP contribution is -2.17. The van der Waals surface area contributed by atoms with Gasteiger partial charge in [-0.3, -0.25) is 0 Å². The number of aromatic nitrogens is 8. The van der Waals surface area contributed by atoms with Crippen LogP contribution >= 0.6 is 0 Å². The van der Waals surface area contributed by atoms with Gasteiger partial charge >= 0.3 is 0 Å². The van der Waals surface area contributed by atoms with Crippen LogP contribution < -0.4 is 0 Å². The maximum absolute atomic E-state index is 5.91. The molecule has 90 heavy (non-hydrogen) atoms. The van der Waals surface area contributed by atoms with E-state index in [-0.39, 0.29) is 32.5 Å². The summed E-state index contributed by atoms with van der Waals surface area (Å²) in [7, 11) is 8.20. The van der Waals surface area contributed by atoms with Crippen LogP contribution in [-0.4, -0.2) is 77.9 Å². The number of rotatable bonds is 8. The number of aromatic amines is 2. The number of nitrogens with zero attached hydrogens (tertiary/aromatic N) is 8. The first-order valence-corrected chi connectivity index (χ1v) is 31.8. The molecule has 0 aliphatic carbocycles. The Balaban J connectivity index is 1.40. The van der Waals surface area contributed by atoms with E-state index in [9.17, 15) is 0 Å². The highest BCUT2D eigenvalue weighted by Crippen LogP contribution is 2.46. The second-order valence-corrected chi connectivity index (χ2v) is 31.3. The van der Waals surface area contributed by atoms with E-state index in [1.807, 2.05) is 0 Å². The summed E-state index contributed by atoms with van der Waals surface area (Å²) in [4.78, 5) is 46.6. The molecule has 10 nitrogen and oxygen atoms in total. The minimum Gasteiger partial charge on any atom is -0.373 e. The standard InChI is InChI=1S/C80H92N10/c1-75(2,3)53-35-23-47(24-36-53)59-60(48-25-37-54(38-26-48)76(4,5)6)68-81-67(59)82-69-61(49-27-39-55(40-28-49)77(7,8)9)63(51-31-43-57(44-32-51)79(13,14)15)71(84-69)86-73-65(89(19)20)66(90(21)22)74(88-73)87-72-64(52-33-45-58(46-34-52)80(16,17)18)62(70(83-68)85-72)50-29-41-56(42-30-50)78(10,11)12/h23-46H,1-22H3,(H2,81,82,83,84,85,86,87,88). The molecule has 11 rings (SSSR count). The van der Waals surface area contributed by atoms with Gasteiger partial charge in [0.25, 0.3) is 0 Å². The Morgan fingerprint density at radius 1 is 0.233 bits per heavy atom. The molecule has 6 aromatic carbocycles. The first-order valence-electron chi connectivity index (χ1n) is 31.8. The van der Waals surface area contributed by atoms with Gasteiger partial charge in [0.1, 0.15) is 34.0 Å². The third-order valence-corrected chi connectivity index (χ3v) is 17.7. The summed E-state index contributed by atoms with van der Waals surface area (Å²) in [6.45, 7) is 40.6. The summed E-state index contributed by atoms with van der Waals surface area (Å²) < 4.78 is 0. The van der Waals surface area contributed by atoms with E-state index < -0.39 is 0 Å². The molecule has 0 saturated heterocycles. The largest absolute Gasteiger partial charge is 0.373 e. The molecule has 0 fully saturated rings. The third kappa shape index (κ3) is 12.2. The van der Waals surface area contributed by atoms with Crippen LogP contribution in [0.4, 0.5) is 0 Å². The lowest BCUT2D eigenvalue weighted by Gasteiger charge is -2.20. The minimum absolute atomic E-state index is 0.0758. The second-order valence-electron chi connectivity index (χ2n) is 31.3. The quantitative estimate of drug-likeness (QED) is 0.155. The van der Waals surface area contributed by atoms with Crippen LogP contribution in [0.25, 0.3) is 89.6 Å². The van der Waals surface area contributed by atoms with Crippen molar-refractivity contribution in [3.63, 3.8) is 0 Å². The highest BCUT2D eigenvalue weighted by Gasteiger charge is 2.33. The van der Waals surface area contributed by atoms with Crippen LogP contribution in [0, 0.1) is 0 Å². The summed E-state index contributed by atoms with van der Waals surface area (Å²) >= 11 is 0. The van der Waals surface area contributed by atoms with Crippen molar-refractivity contribution in [1.29, 1.82) is 0 Å². The van der Waals surface area contributed by atoms with E-state index in [4.69, 9.17) is 29.9 Å². The first-order chi connectivity index (χ1) is 42.0. The Morgan fingerprint density at radius 3 is 0.600 bits per heavy atom. The normalized spacial score (nSPS) is 13.6. The Labute approximate surface area is 535 Å². The number of fused-ring (bicyclic) bond motifs is 8. The average Bonchev–Trinajstić information content (AvgIpc) is 1.63.